The molecule has 92 valence electrons. The van der Waals surface area contributed by atoms with E-state index in [2.05, 4.69) is 10.3 Å². The van der Waals surface area contributed by atoms with E-state index in [4.69, 9.17) is 11.6 Å². The van der Waals surface area contributed by atoms with Crippen molar-refractivity contribution in [1.82, 2.24) is 9.88 Å². The number of alkyl halides is 1. The second-order valence-corrected chi connectivity index (χ2v) is 4.39. The molecule has 0 saturated carbocycles. The summed E-state index contributed by atoms with van der Waals surface area (Å²) in [5, 5.41) is 1.97. The second kappa shape index (κ2) is 5.63. The SMILES string of the molecule is CC(Cl)C(=O)Nc1ccc(C(=O)N(C)C)nc1. The van der Waals surface area contributed by atoms with E-state index in [1.807, 2.05) is 0 Å². The van der Waals surface area contributed by atoms with Gasteiger partial charge in [-0.2, -0.15) is 0 Å². The lowest BCUT2D eigenvalue weighted by Gasteiger charge is -2.10. The molecule has 6 heteroatoms. The molecule has 1 unspecified atom stereocenters. The molecule has 0 aromatic carbocycles. The van der Waals surface area contributed by atoms with Gasteiger partial charge in [0.25, 0.3) is 5.91 Å². The third-order valence-electron chi connectivity index (χ3n) is 2.02. The van der Waals surface area contributed by atoms with Gasteiger partial charge in [0.15, 0.2) is 0 Å². The summed E-state index contributed by atoms with van der Waals surface area (Å²) >= 11 is 5.61. The Morgan fingerprint density at radius 2 is 2.06 bits per heavy atom. The minimum Gasteiger partial charge on any atom is -0.343 e. The average molecular weight is 256 g/mol. The van der Waals surface area contributed by atoms with Crippen LogP contribution in [0, 0.1) is 0 Å². The lowest BCUT2D eigenvalue weighted by atomic mass is 10.3. The van der Waals surface area contributed by atoms with Crippen LogP contribution in [0.25, 0.3) is 0 Å². The molecule has 17 heavy (non-hydrogen) atoms. The number of hydrogen-bond donors (Lipinski definition) is 1. The molecular weight excluding hydrogens is 242 g/mol. The number of amides is 2. The molecule has 0 bridgehead atoms. The summed E-state index contributed by atoms with van der Waals surface area (Å²) in [6, 6.07) is 3.16. The highest BCUT2D eigenvalue weighted by Gasteiger charge is 2.11. The van der Waals surface area contributed by atoms with E-state index in [0.717, 1.165) is 0 Å². The van der Waals surface area contributed by atoms with Crippen LogP contribution in [0.2, 0.25) is 0 Å². The third kappa shape index (κ3) is 3.71. The number of nitrogens with zero attached hydrogens (tertiary/aromatic N) is 2. The maximum absolute atomic E-state index is 11.5. The topological polar surface area (TPSA) is 62.3 Å². The first-order chi connectivity index (χ1) is 7.91. The predicted octanol–water partition coefficient (Wildman–Crippen LogP) is 1.35. The number of pyridine rings is 1. The summed E-state index contributed by atoms with van der Waals surface area (Å²) in [6.07, 6.45) is 1.42. The number of carbonyl (C=O) groups excluding carboxylic acids is 2. The van der Waals surface area contributed by atoms with Gasteiger partial charge in [-0.25, -0.2) is 4.98 Å². The van der Waals surface area contributed by atoms with Gasteiger partial charge in [-0.15, -0.1) is 11.6 Å². The van der Waals surface area contributed by atoms with Crippen molar-refractivity contribution in [3.8, 4) is 0 Å². The monoisotopic (exact) mass is 255 g/mol. The summed E-state index contributed by atoms with van der Waals surface area (Å²) in [6.45, 7) is 1.58. The van der Waals surface area contributed by atoms with Crippen LogP contribution in [-0.4, -0.2) is 41.2 Å². The van der Waals surface area contributed by atoms with Crippen LogP contribution in [0.4, 0.5) is 5.69 Å². The van der Waals surface area contributed by atoms with Crippen LogP contribution in [0.3, 0.4) is 0 Å². The van der Waals surface area contributed by atoms with E-state index in [1.54, 1.807) is 33.2 Å². The summed E-state index contributed by atoms with van der Waals surface area (Å²) in [5.41, 5.74) is 0.838. The number of carbonyl (C=O) groups is 2. The molecular formula is C11H14ClN3O2. The van der Waals surface area contributed by atoms with Crippen molar-refractivity contribution in [2.45, 2.75) is 12.3 Å². The second-order valence-electron chi connectivity index (χ2n) is 3.74. The summed E-state index contributed by atoms with van der Waals surface area (Å²) < 4.78 is 0. The zero-order valence-corrected chi connectivity index (χ0v) is 10.7. The van der Waals surface area contributed by atoms with Crippen molar-refractivity contribution in [3.05, 3.63) is 24.0 Å². The maximum Gasteiger partial charge on any atom is 0.271 e. The molecule has 1 aromatic rings. The van der Waals surface area contributed by atoms with Crippen molar-refractivity contribution in [2.24, 2.45) is 0 Å². The molecule has 0 aliphatic carbocycles. The lowest BCUT2D eigenvalue weighted by Crippen LogP contribution is -2.23. The van der Waals surface area contributed by atoms with Gasteiger partial charge in [0, 0.05) is 14.1 Å². The molecule has 0 fully saturated rings. The van der Waals surface area contributed by atoms with Crippen LogP contribution >= 0.6 is 11.6 Å². The third-order valence-corrected chi connectivity index (χ3v) is 2.22. The summed E-state index contributed by atoms with van der Waals surface area (Å²) in [5.74, 6) is -0.492. The highest BCUT2D eigenvalue weighted by Crippen LogP contribution is 2.09. The first-order valence-electron chi connectivity index (χ1n) is 5.04. The Morgan fingerprint density at radius 1 is 1.41 bits per heavy atom. The molecule has 0 spiro atoms. The van der Waals surface area contributed by atoms with Gasteiger partial charge in [0.05, 0.1) is 11.9 Å². The van der Waals surface area contributed by atoms with Gasteiger partial charge >= 0.3 is 0 Å². The number of anilines is 1. The number of rotatable bonds is 3. The maximum atomic E-state index is 11.5. The number of aromatic nitrogens is 1. The smallest absolute Gasteiger partial charge is 0.271 e. The highest BCUT2D eigenvalue weighted by molar-refractivity contribution is 6.32. The summed E-state index contributed by atoms with van der Waals surface area (Å²) in [4.78, 5) is 28.2. The molecule has 0 aliphatic heterocycles. The first kappa shape index (κ1) is 13.4. The van der Waals surface area contributed by atoms with Crippen LogP contribution in [-0.2, 0) is 4.79 Å². The Bertz CT molecular complexity index is 415. The Kier molecular flexibility index (Phi) is 4.45. The molecule has 2 amide bonds. The molecule has 0 radical (unpaired) electrons. The molecule has 1 N–H and O–H groups in total. The Hall–Kier alpha value is -1.62. The predicted molar refractivity (Wildman–Crippen MR) is 66.2 cm³/mol. The van der Waals surface area contributed by atoms with Gasteiger partial charge in [-0.05, 0) is 19.1 Å². The largest absolute Gasteiger partial charge is 0.343 e. The van der Waals surface area contributed by atoms with Gasteiger partial charge in [0.1, 0.15) is 11.1 Å². The Balaban J connectivity index is 2.75. The standard InChI is InChI=1S/C11H14ClN3O2/c1-7(12)10(16)14-8-4-5-9(13-6-8)11(17)15(2)3/h4-7H,1-3H3,(H,14,16). The molecule has 0 aliphatic rings. The quantitative estimate of drug-likeness (QED) is 0.830. The average Bonchev–Trinajstić information content (AvgIpc) is 2.28. The summed E-state index contributed by atoms with van der Waals surface area (Å²) in [7, 11) is 3.30. The van der Waals surface area contributed by atoms with E-state index in [9.17, 15) is 9.59 Å². The first-order valence-corrected chi connectivity index (χ1v) is 5.48. The Labute approximate surface area is 105 Å². The lowest BCUT2D eigenvalue weighted by molar-refractivity contribution is -0.115. The van der Waals surface area contributed by atoms with Gasteiger partial charge in [0.2, 0.25) is 5.91 Å². The van der Waals surface area contributed by atoms with Crippen LogP contribution < -0.4 is 5.32 Å². The number of halogens is 1. The molecule has 1 rings (SSSR count). The van der Waals surface area contributed by atoms with Crippen LogP contribution in [0.15, 0.2) is 18.3 Å². The Morgan fingerprint density at radius 3 is 2.47 bits per heavy atom. The van der Waals surface area contributed by atoms with Crippen molar-refractivity contribution >= 4 is 29.1 Å². The van der Waals surface area contributed by atoms with E-state index in [-0.39, 0.29) is 11.8 Å². The van der Waals surface area contributed by atoms with Crippen molar-refractivity contribution < 1.29 is 9.59 Å². The van der Waals surface area contributed by atoms with Gasteiger partial charge < -0.3 is 10.2 Å². The van der Waals surface area contributed by atoms with Crippen molar-refractivity contribution in [1.29, 1.82) is 0 Å². The molecule has 0 saturated heterocycles. The van der Waals surface area contributed by atoms with Gasteiger partial charge in [-0.3, -0.25) is 9.59 Å². The normalized spacial score (nSPS) is 11.8. The highest BCUT2D eigenvalue weighted by atomic mass is 35.5. The zero-order chi connectivity index (χ0) is 13.0. The van der Waals surface area contributed by atoms with Crippen molar-refractivity contribution in [3.63, 3.8) is 0 Å². The van der Waals surface area contributed by atoms with Gasteiger partial charge in [-0.1, -0.05) is 0 Å². The van der Waals surface area contributed by atoms with E-state index in [0.29, 0.717) is 11.4 Å². The van der Waals surface area contributed by atoms with E-state index >= 15 is 0 Å². The van der Waals surface area contributed by atoms with E-state index < -0.39 is 5.38 Å². The fourth-order valence-corrected chi connectivity index (χ4v) is 1.12. The minimum atomic E-state index is -0.613. The molecule has 5 nitrogen and oxygen atoms in total. The zero-order valence-electron chi connectivity index (χ0n) is 9.90. The number of nitrogens with one attached hydrogen (secondary N) is 1. The number of hydrogen-bond acceptors (Lipinski definition) is 3. The van der Waals surface area contributed by atoms with Crippen LogP contribution in [0.1, 0.15) is 17.4 Å². The van der Waals surface area contributed by atoms with Crippen molar-refractivity contribution in [2.75, 3.05) is 19.4 Å². The van der Waals surface area contributed by atoms with E-state index in [1.165, 1.54) is 11.1 Å². The molecule has 1 heterocycles. The van der Waals surface area contributed by atoms with Crippen LogP contribution in [0.5, 0.6) is 0 Å². The fourth-order valence-electron chi connectivity index (χ4n) is 1.07. The minimum absolute atomic E-state index is 0.186. The molecule has 1 atom stereocenters. The molecule has 1 aromatic heterocycles. The fraction of sp³-hybridized carbons (Fsp3) is 0.364.